The fourth-order valence-electron chi connectivity index (χ4n) is 2.74. The largest absolute Gasteiger partial charge is 0.495 e. The van der Waals surface area contributed by atoms with Gasteiger partial charge in [-0.2, -0.15) is 0 Å². The van der Waals surface area contributed by atoms with Gasteiger partial charge in [-0.05, 0) is 73.7 Å². The maximum atomic E-state index is 5.57. The van der Waals surface area contributed by atoms with Crippen LogP contribution in [0.15, 0.2) is 60.7 Å². The highest BCUT2D eigenvalue weighted by molar-refractivity contribution is 7.80. The number of hydrogen-bond acceptors (Lipinski definition) is 4. The lowest BCUT2D eigenvalue weighted by Gasteiger charge is -2.16. The van der Waals surface area contributed by atoms with Gasteiger partial charge < -0.3 is 30.7 Å². The normalized spacial score (nSPS) is 10.0. The Morgan fingerprint density at radius 1 is 0.750 bits per heavy atom. The first-order chi connectivity index (χ1) is 15.2. The average molecular weight is 471 g/mol. The molecule has 0 aromatic heterocycles. The minimum atomic E-state index is 0.507. The third-order valence-corrected chi connectivity index (χ3v) is 4.83. The first-order valence-corrected chi connectivity index (χ1v) is 10.8. The van der Waals surface area contributed by atoms with E-state index < -0.39 is 0 Å². The first-order valence-electron chi connectivity index (χ1n) is 9.98. The number of hydrogen-bond donors (Lipinski definition) is 4. The van der Waals surface area contributed by atoms with Gasteiger partial charge in [-0.3, -0.25) is 0 Å². The lowest BCUT2D eigenvalue weighted by Crippen LogP contribution is -2.29. The van der Waals surface area contributed by atoms with E-state index in [1.54, 1.807) is 14.2 Å². The molecule has 170 valence electrons. The van der Waals surface area contributed by atoms with Gasteiger partial charge in [0.1, 0.15) is 11.5 Å². The van der Waals surface area contributed by atoms with Gasteiger partial charge >= 0.3 is 0 Å². The molecule has 0 aliphatic carbocycles. The monoisotopic (exact) mass is 470 g/mol. The van der Waals surface area contributed by atoms with Crippen LogP contribution in [0.4, 0.5) is 11.4 Å². The summed E-state index contributed by atoms with van der Waals surface area (Å²) in [5.41, 5.74) is 5.48. The van der Waals surface area contributed by atoms with E-state index in [1.807, 2.05) is 50.2 Å². The van der Waals surface area contributed by atoms with Crippen LogP contribution in [-0.2, 0) is 0 Å². The molecule has 8 heteroatoms. The molecule has 0 bridgehead atoms. The molecule has 6 nitrogen and oxygen atoms in total. The Balaban J connectivity index is 2.20. The smallest absolute Gasteiger partial charge is 0.171 e. The van der Waals surface area contributed by atoms with Crippen molar-refractivity contribution >= 4 is 46.0 Å². The molecule has 2 aromatic rings. The predicted octanol–water partition coefficient (Wildman–Crippen LogP) is 5.10. The van der Waals surface area contributed by atoms with Crippen LogP contribution >= 0.6 is 24.4 Å². The number of ether oxygens (including phenoxy) is 2. The minimum absolute atomic E-state index is 0.507. The summed E-state index contributed by atoms with van der Waals surface area (Å²) in [6, 6.07) is 11.7. The van der Waals surface area contributed by atoms with E-state index >= 15 is 0 Å². The van der Waals surface area contributed by atoms with Gasteiger partial charge in [-0.15, -0.1) is 0 Å². The lowest BCUT2D eigenvalue weighted by atomic mass is 10.0. The molecule has 0 saturated heterocycles. The predicted molar refractivity (Wildman–Crippen MR) is 143 cm³/mol. The maximum absolute atomic E-state index is 5.57. The third-order valence-electron chi connectivity index (χ3n) is 4.33. The standard InChI is InChI=1S/C24H30N4O2S2/c1-15(2)13-25-23(31)27-19-9-7-17(11-21(19)29-5)18-8-10-20(22(12-18)30-6)28-24(32)26-14-16(3)4/h7-12H,1,3,13-14H2,2,4-6H3,(H2,25,27,31)(H2,26,28,32). The van der Waals surface area contributed by atoms with Gasteiger partial charge in [0, 0.05) is 13.1 Å². The minimum Gasteiger partial charge on any atom is -0.495 e. The molecular formula is C24H30N4O2S2. The highest BCUT2D eigenvalue weighted by atomic mass is 32.1. The SMILES string of the molecule is C=C(C)CNC(=S)Nc1ccc(-c2ccc(NC(=S)NCC(=C)C)c(OC)c2)cc1OC. The van der Waals surface area contributed by atoms with E-state index in [0.717, 1.165) is 33.6 Å². The molecule has 0 saturated carbocycles. The van der Waals surface area contributed by atoms with Crippen LogP contribution in [0.3, 0.4) is 0 Å². The summed E-state index contributed by atoms with van der Waals surface area (Å²) >= 11 is 10.7. The van der Waals surface area contributed by atoms with E-state index in [9.17, 15) is 0 Å². The summed E-state index contributed by atoms with van der Waals surface area (Å²) in [6.07, 6.45) is 0. The second kappa shape index (κ2) is 12.1. The van der Waals surface area contributed by atoms with E-state index in [-0.39, 0.29) is 0 Å². The van der Waals surface area contributed by atoms with E-state index in [4.69, 9.17) is 33.9 Å². The zero-order valence-electron chi connectivity index (χ0n) is 18.9. The summed E-state index contributed by atoms with van der Waals surface area (Å²) in [5.74, 6) is 1.35. The molecule has 2 rings (SSSR count). The Kier molecular flexibility index (Phi) is 9.49. The fraction of sp³-hybridized carbons (Fsp3) is 0.250. The lowest BCUT2D eigenvalue weighted by molar-refractivity contribution is 0.416. The fourth-order valence-corrected chi connectivity index (χ4v) is 3.11. The van der Waals surface area contributed by atoms with Gasteiger partial charge in [-0.1, -0.05) is 36.4 Å². The van der Waals surface area contributed by atoms with Crippen LogP contribution in [0, 0.1) is 0 Å². The van der Waals surface area contributed by atoms with Crippen molar-refractivity contribution < 1.29 is 9.47 Å². The first kappa shape index (κ1) is 25.2. The van der Waals surface area contributed by atoms with Crippen LogP contribution in [-0.4, -0.2) is 37.5 Å². The Morgan fingerprint density at radius 3 is 1.44 bits per heavy atom. The molecule has 0 aliphatic rings. The number of anilines is 2. The number of benzene rings is 2. The highest BCUT2D eigenvalue weighted by Gasteiger charge is 2.11. The molecule has 0 atom stereocenters. The third kappa shape index (κ3) is 7.55. The Morgan fingerprint density at radius 2 is 1.12 bits per heavy atom. The van der Waals surface area contributed by atoms with Crippen LogP contribution in [0.5, 0.6) is 11.5 Å². The molecular weight excluding hydrogens is 440 g/mol. The van der Waals surface area contributed by atoms with E-state index in [1.165, 1.54) is 0 Å². The van der Waals surface area contributed by atoms with Crippen molar-refractivity contribution in [3.8, 4) is 22.6 Å². The highest BCUT2D eigenvalue weighted by Crippen LogP contribution is 2.35. The summed E-state index contributed by atoms with van der Waals surface area (Å²) < 4.78 is 11.1. The zero-order valence-corrected chi connectivity index (χ0v) is 20.6. The van der Waals surface area contributed by atoms with E-state index in [0.29, 0.717) is 34.8 Å². The topological polar surface area (TPSA) is 66.6 Å². The molecule has 32 heavy (non-hydrogen) atoms. The van der Waals surface area contributed by atoms with Crippen LogP contribution in [0.25, 0.3) is 11.1 Å². The van der Waals surface area contributed by atoms with Crippen LogP contribution in [0.2, 0.25) is 0 Å². The number of nitrogens with one attached hydrogen (secondary N) is 4. The van der Waals surface area contributed by atoms with Gasteiger partial charge in [0.2, 0.25) is 0 Å². The zero-order chi connectivity index (χ0) is 23.7. The molecule has 0 unspecified atom stereocenters. The molecule has 0 fully saturated rings. The van der Waals surface area contributed by atoms with Gasteiger partial charge in [0.25, 0.3) is 0 Å². The average Bonchev–Trinajstić information content (AvgIpc) is 2.76. The number of methoxy groups -OCH3 is 2. The molecule has 0 radical (unpaired) electrons. The van der Waals surface area contributed by atoms with Crippen molar-refractivity contribution in [2.45, 2.75) is 13.8 Å². The van der Waals surface area contributed by atoms with Crippen LogP contribution in [0.1, 0.15) is 13.8 Å². The van der Waals surface area contributed by atoms with E-state index in [2.05, 4.69) is 34.4 Å². The Hall–Kier alpha value is -3.10. The molecule has 0 spiro atoms. The molecule has 0 aliphatic heterocycles. The molecule has 2 aromatic carbocycles. The molecule has 0 heterocycles. The van der Waals surface area contributed by atoms with Crippen molar-refractivity contribution in [3.63, 3.8) is 0 Å². The summed E-state index contributed by atoms with van der Waals surface area (Å²) in [7, 11) is 3.25. The summed E-state index contributed by atoms with van der Waals surface area (Å²) in [5, 5.41) is 13.5. The quantitative estimate of drug-likeness (QED) is 0.298. The molecule has 4 N–H and O–H groups in total. The molecule has 0 amide bonds. The second-order valence-corrected chi connectivity index (χ2v) is 8.18. The maximum Gasteiger partial charge on any atom is 0.171 e. The summed E-state index contributed by atoms with van der Waals surface area (Å²) in [4.78, 5) is 0. The van der Waals surface area contributed by atoms with Gasteiger partial charge in [-0.25, -0.2) is 0 Å². The second-order valence-electron chi connectivity index (χ2n) is 7.36. The van der Waals surface area contributed by atoms with Gasteiger partial charge in [0.15, 0.2) is 10.2 Å². The van der Waals surface area contributed by atoms with Crippen LogP contribution < -0.4 is 30.7 Å². The Bertz CT molecular complexity index is 940. The Labute approximate surface area is 201 Å². The summed E-state index contributed by atoms with van der Waals surface area (Å²) in [6.45, 7) is 12.8. The van der Waals surface area contributed by atoms with Crippen molar-refractivity contribution in [2.24, 2.45) is 0 Å². The number of thiocarbonyl (C=S) groups is 2. The van der Waals surface area contributed by atoms with Crippen molar-refractivity contribution in [1.29, 1.82) is 0 Å². The van der Waals surface area contributed by atoms with Gasteiger partial charge in [0.05, 0.1) is 25.6 Å². The van der Waals surface area contributed by atoms with Crippen molar-refractivity contribution in [1.82, 2.24) is 10.6 Å². The van der Waals surface area contributed by atoms with Crippen molar-refractivity contribution in [2.75, 3.05) is 37.9 Å². The number of rotatable bonds is 9. The van der Waals surface area contributed by atoms with Crippen molar-refractivity contribution in [3.05, 3.63) is 60.7 Å².